The highest BCUT2D eigenvalue weighted by molar-refractivity contribution is 7.09. The minimum Gasteiger partial charge on any atom is -0.346 e. The number of rotatable bonds is 5. The first-order valence-electron chi connectivity index (χ1n) is 4.53. The van der Waals surface area contributed by atoms with Crippen LogP contribution in [-0.4, -0.2) is 29.0 Å². The maximum Gasteiger partial charge on any atom is 0.205 e. The Hall–Kier alpha value is -0.680. The minimum absolute atomic E-state index is 0.665. The number of nitrogens with two attached hydrogens (primary N) is 1. The van der Waals surface area contributed by atoms with E-state index in [4.69, 9.17) is 5.73 Å². The van der Waals surface area contributed by atoms with Gasteiger partial charge in [0.05, 0.1) is 0 Å². The monoisotopic (exact) mass is 200 g/mol. The van der Waals surface area contributed by atoms with Gasteiger partial charge in [0.1, 0.15) is 5.82 Å². The van der Waals surface area contributed by atoms with Gasteiger partial charge in [-0.1, -0.05) is 6.92 Å². The van der Waals surface area contributed by atoms with Gasteiger partial charge in [-0.2, -0.15) is 4.37 Å². The number of aryl methyl sites for hydroxylation is 1. The molecule has 0 amide bonds. The quantitative estimate of drug-likeness (QED) is 0.771. The summed E-state index contributed by atoms with van der Waals surface area (Å²) in [6, 6.07) is 0. The predicted molar refractivity (Wildman–Crippen MR) is 56.2 cm³/mol. The van der Waals surface area contributed by atoms with Crippen LogP contribution in [0.5, 0.6) is 0 Å². The maximum absolute atomic E-state index is 5.52. The molecule has 13 heavy (non-hydrogen) atoms. The second kappa shape index (κ2) is 5.14. The third kappa shape index (κ3) is 2.93. The van der Waals surface area contributed by atoms with Gasteiger partial charge in [0, 0.05) is 31.2 Å². The average molecular weight is 200 g/mol. The van der Waals surface area contributed by atoms with Gasteiger partial charge in [0.2, 0.25) is 5.13 Å². The largest absolute Gasteiger partial charge is 0.346 e. The van der Waals surface area contributed by atoms with Crippen LogP contribution in [0.3, 0.4) is 0 Å². The Morgan fingerprint density at radius 3 is 2.69 bits per heavy atom. The molecule has 1 aromatic rings. The fraction of sp³-hybridized carbons (Fsp3) is 0.750. The summed E-state index contributed by atoms with van der Waals surface area (Å²) in [6.07, 6.45) is 1.11. The summed E-state index contributed by atoms with van der Waals surface area (Å²) in [5.74, 6) is 0.845. The highest BCUT2D eigenvalue weighted by Gasteiger charge is 2.08. The summed E-state index contributed by atoms with van der Waals surface area (Å²) in [5.41, 5.74) is 5.52. The topological polar surface area (TPSA) is 55.0 Å². The molecule has 1 heterocycles. The zero-order valence-corrected chi connectivity index (χ0v) is 8.97. The third-order valence-corrected chi connectivity index (χ3v) is 2.55. The molecule has 0 aliphatic rings. The van der Waals surface area contributed by atoms with Crippen molar-refractivity contribution in [2.24, 2.45) is 5.73 Å². The van der Waals surface area contributed by atoms with Crippen LogP contribution in [0.2, 0.25) is 0 Å². The van der Waals surface area contributed by atoms with Gasteiger partial charge < -0.3 is 10.6 Å². The van der Waals surface area contributed by atoms with Crippen molar-refractivity contribution in [3.05, 3.63) is 5.82 Å². The first kappa shape index (κ1) is 10.4. The van der Waals surface area contributed by atoms with Crippen LogP contribution in [0.4, 0.5) is 5.13 Å². The molecule has 74 valence electrons. The van der Waals surface area contributed by atoms with E-state index in [2.05, 4.69) is 21.2 Å². The Morgan fingerprint density at radius 2 is 2.23 bits per heavy atom. The molecular formula is C8H16N4S. The fourth-order valence-electron chi connectivity index (χ4n) is 1.14. The molecular weight excluding hydrogens is 184 g/mol. The second-order valence-electron chi connectivity index (χ2n) is 2.90. The smallest absolute Gasteiger partial charge is 0.205 e. The van der Waals surface area contributed by atoms with Crippen molar-refractivity contribution in [2.45, 2.75) is 20.3 Å². The maximum atomic E-state index is 5.52. The Kier molecular flexibility index (Phi) is 4.11. The Labute approximate surface area is 82.9 Å². The summed E-state index contributed by atoms with van der Waals surface area (Å²) in [5, 5.41) is 0.991. The van der Waals surface area contributed by atoms with E-state index in [0.29, 0.717) is 6.54 Å². The van der Waals surface area contributed by atoms with E-state index in [9.17, 15) is 0 Å². The van der Waals surface area contributed by atoms with E-state index in [1.54, 1.807) is 0 Å². The Morgan fingerprint density at radius 1 is 1.46 bits per heavy atom. The molecule has 5 heteroatoms. The van der Waals surface area contributed by atoms with Crippen LogP contribution in [-0.2, 0) is 0 Å². The number of hydrogen-bond donors (Lipinski definition) is 1. The van der Waals surface area contributed by atoms with Gasteiger partial charge in [0.15, 0.2) is 0 Å². The number of hydrogen-bond acceptors (Lipinski definition) is 5. The molecule has 0 atom stereocenters. The zero-order chi connectivity index (χ0) is 9.68. The molecule has 4 nitrogen and oxygen atoms in total. The molecule has 0 fully saturated rings. The first-order valence-corrected chi connectivity index (χ1v) is 5.30. The van der Waals surface area contributed by atoms with E-state index in [0.717, 1.165) is 30.5 Å². The molecule has 0 spiro atoms. The summed E-state index contributed by atoms with van der Waals surface area (Å²) < 4.78 is 4.15. The SMILES string of the molecule is CCCN(CCN)c1nc(C)ns1. The Bertz CT molecular complexity index is 242. The fourth-order valence-corrected chi connectivity index (χ4v) is 1.87. The summed E-state index contributed by atoms with van der Waals surface area (Å²) in [4.78, 5) is 6.51. The van der Waals surface area contributed by atoms with Crippen LogP contribution in [0.25, 0.3) is 0 Å². The van der Waals surface area contributed by atoms with E-state index in [1.165, 1.54) is 11.5 Å². The molecule has 0 radical (unpaired) electrons. The van der Waals surface area contributed by atoms with Gasteiger partial charge in [-0.05, 0) is 13.3 Å². The molecule has 0 saturated heterocycles. The van der Waals surface area contributed by atoms with E-state index < -0.39 is 0 Å². The minimum atomic E-state index is 0.665. The van der Waals surface area contributed by atoms with Crippen molar-refractivity contribution in [3.63, 3.8) is 0 Å². The average Bonchev–Trinajstić information content (AvgIpc) is 2.51. The highest BCUT2D eigenvalue weighted by atomic mass is 32.1. The van der Waals surface area contributed by atoms with Gasteiger partial charge in [0.25, 0.3) is 0 Å². The number of nitrogens with zero attached hydrogens (tertiary/aromatic N) is 3. The molecule has 2 N–H and O–H groups in total. The van der Waals surface area contributed by atoms with Crippen molar-refractivity contribution >= 4 is 16.7 Å². The van der Waals surface area contributed by atoms with Gasteiger partial charge in [-0.15, -0.1) is 0 Å². The normalized spacial score (nSPS) is 10.4. The molecule has 0 unspecified atom stereocenters. The number of aromatic nitrogens is 2. The van der Waals surface area contributed by atoms with Gasteiger partial charge in [-0.25, -0.2) is 4.98 Å². The van der Waals surface area contributed by atoms with Crippen molar-refractivity contribution in [2.75, 3.05) is 24.5 Å². The molecule has 0 bridgehead atoms. The third-order valence-electron chi connectivity index (χ3n) is 1.68. The van der Waals surface area contributed by atoms with Gasteiger partial charge in [-0.3, -0.25) is 0 Å². The summed E-state index contributed by atoms with van der Waals surface area (Å²) >= 11 is 1.45. The highest BCUT2D eigenvalue weighted by Crippen LogP contribution is 2.16. The standard InChI is InChI=1S/C8H16N4S/c1-3-5-12(6-4-9)8-10-7(2)11-13-8/h3-6,9H2,1-2H3. The Balaban J connectivity index is 2.63. The van der Waals surface area contributed by atoms with E-state index >= 15 is 0 Å². The summed E-state index contributed by atoms with van der Waals surface area (Å²) in [6.45, 7) is 6.59. The van der Waals surface area contributed by atoms with Gasteiger partial charge >= 0.3 is 0 Å². The lowest BCUT2D eigenvalue weighted by atomic mass is 10.4. The van der Waals surface area contributed by atoms with Crippen LogP contribution in [0.1, 0.15) is 19.2 Å². The molecule has 0 saturated carbocycles. The van der Waals surface area contributed by atoms with Crippen LogP contribution in [0, 0.1) is 6.92 Å². The molecule has 0 aromatic carbocycles. The number of anilines is 1. The van der Waals surface area contributed by atoms with E-state index in [-0.39, 0.29) is 0 Å². The van der Waals surface area contributed by atoms with Crippen LogP contribution >= 0.6 is 11.5 Å². The molecule has 1 aromatic heterocycles. The van der Waals surface area contributed by atoms with Crippen molar-refractivity contribution < 1.29 is 0 Å². The molecule has 0 aliphatic carbocycles. The molecule has 1 rings (SSSR count). The first-order chi connectivity index (χ1) is 6.27. The van der Waals surface area contributed by atoms with Crippen molar-refractivity contribution in [1.82, 2.24) is 9.36 Å². The lowest BCUT2D eigenvalue weighted by molar-refractivity contribution is 0.758. The van der Waals surface area contributed by atoms with Crippen molar-refractivity contribution in [1.29, 1.82) is 0 Å². The van der Waals surface area contributed by atoms with Crippen molar-refractivity contribution in [3.8, 4) is 0 Å². The van der Waals surface area contributed by atoms with Crippen LogP contribution in [0.15, 0.2) is 0 Å². The lowest BCUT2D eigenvalue weighted by Gasteiger charge is -2.19. The summed E-state index contributed by atoms with van der Waals surface area (Å²) in [7, 11) is 0. The molecule has 0 aliphatic heterocycles. The second-order valence-corrected chi connectivity index (χ2v) is 3.63. The predicted octanol–water partition coefficient (Wildman–Crippen LogP) is 1.02. The van der Waals surface area contributed by atoms with E-state index in [1.807, 2.05) is 6.92 Å². The van der Waals surface area contributed by atoms with Crippen LogP contribution < -0.4 is 10.6 Å². The zero-order valence-electron chi connectivity index (χ0n) is 8.16. The lowest BCUT2D eigenvalue weighted by Crippen LogP contribution is -2.29.